The van der Waals surface area contributed by atoms with E-state index in [4.69, 9.17) is 0 Å². The number of hydrogen-bond acceptors (Lipinski definition) is 4. The average Bonchev–Trinajstić information content (AvgIpc) is 2.78. The van der Waals surface area contributed by atoms with E-state index in [1.54, 1.807) is 23.2 Å². The Balaban J connectivity index is 1.45. The molecule has 1 aliphatic heterocycles. The fraction of sp³-hybridized carbons (Fsp3) is 0.182. The number of hydrogen-bond donors (Lipinski definition) is 0. The van der Waals surface area contributed by atoms with Crippen molar-refractivity contribution < 1.29 is 13.2 Å². The number of aromatic nitrogens is 1. The summed E-state index contributed by atoms with van der Waals surface area (Å²) >= 11 is 0. The van der Waals surface area contributed by atoms with E-state index in [2.05, 4.69) is 4.98 Å². The molecule has 1 amide bonds. The zero-order valence-electron chi connectivity index (χ0n) is 15.8. The largest absolute Gasteiger partial charge is 0.336 e. The highest BCUT2D eigenvalue weighted by molar-refractivity contribution is 7.92. The van der Waals surface area contributed by atoms with Gasteiger partial charge in [-0.15, -0.1) is 0 Å². The first kappa shape index (κ1) is 19.3. The van der Waals surface area contributed by atoms with Crippen molar-refractivity contribution in [3.63, 3.8) is 0 Å². The molecule has 1 aliphatic rings. The third-order valence-corrected chi connectivity index (χ3v) is 6.55. The van der Waals surface area contributed by atoms with Gasteiger partial charge in [-0.25, -0.2) is 8.42 Å². The van der Waals surface area contributed by atoms with Crippen LogP contribution in [0.25, 0.3) is 17.0 Å². The fourth-order valence-corrected chi connectivity index (χ4v) is 4.58. The van der Waals surface area contributed by atoms with E-state index in [1.807, 2.05) is 54.6 Å². The zero-order valence-corrected chi connectivity index (χ0v) is 16.6. The molecule has 0 radical (unpaired) electrons. The molecule has 7 heteroatoms. The molecular formula is C22H21N3O3S. The van der Waals surface area contributed by atoms with Crippen LogP contribution in [-0.2, 0) is 10.0 Å². The lowest BCUT2D eigenvalue weighted by molar-refractivity contribution is 0.0700. The van der Waals surface area contributed by atoms with Crippen LogP contribution in [0, 0.1) is 0 Å². The molecule has 0 unspecified atom stereocenters. The second kappa shape index (κ2) is 8.14. The summed E-state index contributed by atoms with van der Waals surface area (Å²) in [6.45, 7) is 1.23. The molecule has 1 saturated heterocycles. The first-order valence-corrected chi connectivity index (χ1v) is 10.9. The number of carbonyl (C=O) groups excluding carboxylic acids is 1. The minimum Gasteiger partial charge on any atom is -0.336 e. The normalized spacial score (nSPS) is 15.8. The monoisotopic (exact) mass is 407 g/mol. The molecule has 29 heavy (non-hydrogen) atoms. The maximum atomic E-state index is 13.0. The lowest BCUT2D eigenvalue weighted by Crippen LogP contribution is -2.50. The highest BCUT2D eigenvalue weighted by Gasteiger charge is 2.28. The van der Waals surface area contributed by atoms with Gasteiger partial charge in [-0.3, -0.25) is 9.78 Å². The van der Waals surface area contributed by atoms with E-state index >= 15 is 0 Å². The molecule has 3 aromatic rings. The molecule has 0 spiro atoms. The van der Waals surface area contributed by atoms with Gasteiger partial charge in [0.25, 0.3) is 5.91 Å². The molecule has 0 bridgehead atoms. The van der Waals surface area contributed by atoms with Crippen molar-refractivity contribution in [2.75, 3.05) is 26.2 Å². The summed E-state index contributed by atoms with van der Waals surface area (Å²) in [6, 6.07) is 18.6. The standard InChI is InChI=1S/C22H21N3O3S/c26-22(20-10-4-8-19-9-5-12-23-21(19)20)24-13-15-25(16-14-24)29(27,28)17-11-18-6-2-1-3-7-18/h1-12,17H,13-16H2/b17-11+. The summed E-state index contributed by atoms with van der Waals surface area (Å²) in [5, 5.41) is 2.14. The van der Waals surface area contributed by atoms with E-state index in [0.29, 0.717) is 24.2 Å². The summed E-state index contributed by atoms with van der Waals surface area (Å²) in [7, 11) is -3.53. The minimum absolute atomic E-state index is 0.119. The van der Waals surface area contributed by atoms with Crippen molar-refractivity contribution in [3.8, 4) is 0 Å². The Labute approximate surface area is 170 Å². The SMILES string of the molecule is O=C(c1cccc2cccnc12)N1CCN(S(=O)(=O)/C=C/c2ccccc2)CC1. The molecule has 2 aromatic carbocycles. The van der Waals surface area contributed by atoms with Gasteiger partial charge < -0.3 is 4.90 Å². The Bertz CT molecular complexity index is 1150. The Morgan fingerprint density at radius 1 is 0.897 bits per heavy atom. The van der Waals surface area contributed by atoms with Crippen LogP contribution in [0.1, 0.15) is 15.9 Å². The number of fused-ring (bicyclic) bond motifs is 1. The van der Waals surface area contributed by atoms with Crippen molar-refractivity contribution >= 4 is 32.9 Å². The topological polar surface area (TPSA) is 70.6 Å². The maximum absolute atomic E-state index is 13.0. The van der Waals surface area contributed by atoms with Crippen molar-refractivity contribution in [2.24, 2.45) is 0 Å². The third kappa shape index (κ3) is 4.21. The lowest BCUT2D eigenvalue weighted by Gasteiger charge is -2.33. The number of rotatable bonds is 4. The second-order valence-corrected chi connectivity index (χ2v) is 8.65. The van der Waals surface area contributed by atoms with Gasteiger partial charge in [0.1, 0.15) is 0 Å². The van der Waals surface area contributed by atoms with Crippen LogP contribution in [0.2, 0.25) is 0 Å². The van der Waals surface area contributed by atoms with Crippen LogP contribution in [0.3, 0.4) is 0 Å². The van der Waals surface area contributed by atoms with Crippen molar-refractivity contribution in [3.05, 3.63) is 83.4 Å². The Morgan fingerprint density at radius 3 is 2.38 bits per heavy atom. The smallest absolute Gasteiger partial charge is 0.256 e. The molecule has 0 saturated carbocycles. The van der Waals surface area contributed by atoms with Gasteiger partial charge >= 0.3 is 0 Å². The number of nitrogens with zero attached hydrogens (tertiary/aromatic N) is 3. The predicted octanol–water partition coefficient (Wildman–Crippen LogP) is 2.99. The summed E-state index contributed by atoms with van der Waals surface area (Å²) < 4.78 is 26.6. The van der Waals surface area contributed by atoms with Crippen LogP contribution < -0.4 is 0 Å². The highest BCUT2D eigenvalue weighted by Crippen LogP contribution is 2.19. The number of carbonyl (C=O) groups is 1. The van der Waals surface area contributed by atoms with Gasteiger partial charge in [0.15, 0.2) is 0 Å². The molecule has 0 aliphatic carbocycles. The highest BCUT2D eigenvalue weighted by atomic mass is 32.2. The number of amides is 1. The first-order valence-electron chi connectivity index (χ1n) is 9.41. The quantitative estimate of drug-likeness (QED) is 0.667. The number of piperazine rings is 1. The number of sulfonamides is 1. The lowest BCUT2D eigenvalue weighted by atomic mass is 10.1. The van der Waals surface area contributed by atoms with E-state index in [1.165, 1.54) is 9.71 Å². The summed E-state index contributed by atoms with van der Waals surface area (Å²) in [6.07, 6.45) is 3.26. The van der Waals surface area contributed by atoms with Gasteiger partial charge in [-0.1, -0.05) is 48.5 Å². The number of para-hydroxylation sites is 1. The Morgan fingerprint density at radius 2 is 1.62 bits per heavy atom. The molecular weight excluding hydrogens is 386 g/mol. The minimum atomic E-state index is -3.53. The van der Waals surface area contributed by atoms with Gasteiger partial charge in [0.05, 0.1) is 11.1 Å². The molecule has 0 N–H and O–H groups in total. The molecule has 4 rings (SSSR count). The molecule has 148 valence electrons. The van der Waals surface area contributed by atoms with E-state index in [0.717, 1.165) is 10.9 Å². The van der Waals surface area contributed by atoms with E-state index in [-0.39, 0.29) is 19.0 Å². The molecule has 0 atom stereocenters. The van der Waals surface area contributed by atoms with Crippen LogP contribution >= 0.6 is 0 Å². The van der Waals surface area contributed by atoms with Gasteiger partial charge in [-0.2, -0.15) is 4.31 Å². The number of pyridine rings is 1. The fourth-order valence-electron chi connectivity index (χ4n) is 3.41. The summed E-state index contributed by atoms with van der Waals surface area (Å²) in [4.78, 5) is 19.0. The second-order valence-electron chi connectivity index (χ2n) is 6.83. The molecule has 6 nitrogen and oxygen atoms in total. The predicted molar refractivity (Wildman–Crippen MR) is 114 cm³/mol. The summed E-state index contributed by atoms with van der Waals surface area (Å²) in [5.41, 5.74) is 2.04. The van der Waals surface area contributed by atoms with Crippen molar-refractivity contribution in [2.45, 2.75) is 0 Å². The number of benzene rings is 2. The van der Waals surface area contributed by atoms with Crippen molar-refractivity contribution in [1.29, 1.82) is 0 Å². The first-order chi connectivity index (χ1) is 14.0. The van der Waals surface area contributed by atoms with Crippen LogP contribution in [-0.4, -0.2) is 54.7 Å². The van der Waals surface area contributed by atoms with Gasteiger partial charge in [-0.05, 0) is 23.8 Å². The van der Waals surface area contributed by atoms with Gasteiger partial charge in [0, 0.05) is 43.2 Å². The van der Waals surface area contributed by atoms with E-state index in [9.17, 15) is 13.2 Å². The van der Waals surface area contributed by atoms with Crippen molar-refractivity contribution in [1.82, 2.24) is 14.2 Å². The molecule has 2 heterocycles. The summed E-state index contributed by atoms with van der Waals surface area (Å²) in [5.74, 6) is -0.119. The van der Waals surface area contributed by atoms with Crippen LogP contribution in [0.15, 0.2) is 72.3 Å². The molecule has 1 aromatic heterocycles. The van der Waals surface area contributed by atoms with Crippen LogP contribution in [0.4, 0.5) is 0 Å². The Hall–Kier alpha value is -3.03. The van der Waals surface area contributed by atoms with Crippen LogP contribution in [0.5, 0.6) is 0 Å². The zero-order chi connectivity index (χ0) is 20.3. The third-order valence-electron chi connectivity index (χ3n) is 4.98. The van der Waals surface area contributed by atoms with E-state index < -0.39 is 10.0 Å². The molecule has 1 fully saturated rings. The van der Waals surface area contributed by atoms with Gasteiger partial charge in [0.2, 0.25) is 10.0 Å². The average molecular weight is 407 g/mol. The Kier molecular flexibility index (Phi) is 5.42. The maximum Gasteiger partial charge on any atom is 0.256 e.